The summed E-state index contributed by atoms with van der Waals surface area (Å²) in [7, 11) is 0. The number of rotatable bonds is 2. The summed E-state index contributed by atoms with van der Waals surface area (Å²) in [4.78, 5) is 15.4. The molecule has 1 aliphatic rings. The number of nitrogens with one attached hydrogen (secondary N) is 1. The van der Waals surface area contributed by atoms with Crippen LogP contribution in [0.5, 0.6) is 0 Å². The number of hydrogen-bond acceptors (Lipinski definition) is 2. The number of nitrogens with zero attached hydrogens (tertiary/aromatic N) is 1. The first-order chi connectivity index (χ1) is 6.66. The third kappa shape index (κ3) is 2.04. The Morgan fingerprint density at radius 1 is 1.71 bits per heavy atom. The molecule has 1 N–H and O–H groups in total. The zero-order valence-corrected chi connectivity index (χ0v) is 8.58. The fourth-order valence-corrected chi connectivity index (χ4v) is 1.49. The van der Waals surface area contributed by atoms with E-state index in [0.29, 0.717) is 22.7 Å². The van der Waals surface area contributed by atoms with E-state index in [-0.39, 0.29) is 5.91 Å². The van der Waals surface area contributed by atoms with Gasteiger partial charge >= 0.3 is 0 Å². The number of hydrogen-bond donors (Lipinski definition) is 1. The van der Waals surface area contributed by atoms with E-state index >= 15 is 0 Å². The van der Waals surface area contributed by atoms with Crippen LogP contribution in [0.15, 0.2) is 18.3 Å². The molecular formula is C10H11ClN2O. The van der Waals surface area contributed by atoms with E-state index in [4.69, 9.17) is 11.6 Å². The molecule has 2 unspecified atom stereocenters. The van der Waals surface area contributed by atoms with E-state index in [2.05, 4.69) is 17.2 Å². The maximum atomic E-state index is 11.6. The molecular weight excluding hydrogens is 200 g/mol. The van der Waals surface area contributed by atoms with Gasteiger partial charge in [0.2, 0.25) is 0 Å². The SMILES string of the molecule is CC1CC1NC(=O)c1ccnc(Cl)c1. The molecule has 3 nitrogen and oxygen atoms in total. The van der Waals surface area contributed by atoms with E-state index in [1.165, 1.54) is 6.20 Å². The van der Waals surface area contributed by atoms with Crippen molar-refractivity contribution in [2.45, 2.75) is 19.4 Å². The van der Waals surface area contributed by atoms with Crippen LogP contribution < -0.4 is 5.32 Å². The van der Waals surface area contributed by atoms with Crippen molar-refractivity contribution in [1.82, 2.24) is 10.3 Å². The number of aromatic nitrogens is 1. The normalized spacial score (nSPS) is 24.4. The Kier molecular flexibility index (Phi) is 2.42. The lowest BCUT2D eigenvalue weighted by molar-refractivity contribution is 0.0949. The summed E-state index contributed by atoms with van der Waals surface area (Å²) in [5.74, 6) is 0.542. The second kappa shape index (κ2) is 3.58. The number of pyridine rings is 1. The molecule has 1 amide bonds. The molecule has 1 fully saturated rings. The van der Waals surface area contributed by atoms with Gasteiger partial charge in [-0.1, -0.05) is 18.5 Å². The Morgan fingerprint density at radius 2 is 2.43 bits per heavy atom. The minimum Gasteiger partial charge on any atom is -0.349 e. The van der Waals surface area contributed by atoms with Crippen molar-refractivity contribution in [3.8, 4) is 0 Å². The van der Waals surface area contributed by atoms with Gasteiger partial charge in [-0.05, 0) is 24.5 Å². The number of carbonyl (C=O) groups is 1. The van der Waals surface area contributed by atoms with Crippen LogP contribution in [0.2, 0.25) is 5.15 Å². The average Bonchev–Trinajstić information content (AvgIpc) is 2.81. The van der Waals surface area contributed by atoms with Crippen LogP contribution in [0.3, 0.4) is 0 Å². The Labute approximate surface area is 87.5 Å². The van der Waals surface area contributed by atoms with Crippen LogP contribution in [0.1, 0.15) is 23.7 Å². The highest BCUT2D eigenvalue weighted by Gasteiger charge is 2.33. The summed E-state index contributed by atoms with van der Waals surface area (Å²) in [5, 5.41) is 3.27. The molecule has 2 rings (SSSR count). The van der Waals surface area contributed by atoms with E-state index < -0.39 is 0 Å². The van der Waals surface area contributed by atoms with Crippen molar-refractivity contribution in [1.29, 1.82) is 0 Å². The van der Waals surface area contributed by atoms with E-state index in [0.717, 1.165) is 6.42 Å². The summed E-state index contributed by atoms with van der Waals surface area (Å²) in [6.45, 7) is 2.12. The van der Waals surface area contributed by atoms with Crippen molar-refractivity contribution >= 4 is 17.5 Å². The maximum absolute atomic E-state index is 11.6. The van der Waals surface area contributed by atoms with Crippen LogP contribution in [0.25, 0.3) is 0 Å². The monoisotopic (exact) mass is 210 g/mol. The Bertz CT molecular complexity index is 367. The summed E-state index contributed by atoms with van der Waals surface area (Å²) in [6.07, 6.45) is 2.61. The Balaban J connectivity index is 2.03. The van der Waals surface area contributed by atoms with Crippen LogP contribution in [0.4, 0.5) is 0 Å². The van der Waals surface area contributed by atoms with Crippen LogP contribution in [0, 0.1) is 5.92 Å². The first-order valence-electron chi connectivity index (χ1n) is 4.59. The van der Waals surface area contributed by atoms with Crippen molar-refractivity contribution in [2.24, 2.45) is 5.92 Å². The maximum Gasteiger partial charge on any atom is 0.251 e. The van der Waals surface area contributed by atoms with Gasteiger partial charge in [-0.2, -0.15) is 0 Å². The van der Waals surface area contributed by atoms with Gasteiger partial charge < -0.3 is 5.32 Å². The van der Waals surface area contributed by atoms with Crippen molar-refractivity contribution < 1.29 is 4.79 Å². The van der Waals surface area contributed by atoms with Gasteiger partial charge in [0.05, 0.1) is 0 Å². The molecule has 0 bridgehead atoms. The highest BCUT2D eigenvalue weighted by Crippen LogP contribution is 2.29. The van der Waals surface area contributed by atoms with E-state index in [9.17, 15) is 4.79 Å². The molecule has 1 aliphatic carbocycles. The fourth-order valence-electron chi connectivity index (χ4n) is 1.32. The molecule has 0 radical (unpaired) electrons. The zero-order chi connectivity index (χ0) is 10.1. The highest BCUT2D eigenvalue weighted by atomic mass is 35.5. The lowest BCUT2D eigenvalue weighted by atomic mass is 10.2. The summed E-state index contributed by atoms with van der Waals surface area (Å²) < 4.78 is 0. The Morgan fingerprint density at radius 3 is 3.00 bits per heavy atom. The number of carbonyl (C=O) groups excluding carboxylic acids is 1. The molecule has 1 heterocycles. The first kappa shape index (κ1) is 9.46. The Hall–Kier alpha value is -1.09. The molecule has 0 aromatic carbocycles. The predicted molar refractivity (Wildman–Crippen MR) is 54.3 cm³/mol. The standard InChI is InChI=1S/C10H11ClN2O/c1-6-4-8(6)13-10(14)7-2-3-12-9(11)5-7/h2-3,5-6,8H,4H2,1H3,(H,13,14). The second-order valence-electron chi connectivity index (χ2n) is 3.66. The topological polar surface area (TPSA) is 42.0 Å². The minimum atomic E-state index is -0.0661. The third-order valence-electron chi connectivity index (χ3n) is 2.41. The number of halogens is 1. The zero-order valence-electron chi connectivity index (χ0n) is 7.83. The average molecular weight is 211 g/mol. The molecule has 74 valence electrons. The molecule has 2 atom stereocenters. The van der Waals surface area contributed by atoms with Crippen LogP contribution in [-0.2, 0) is 0 Å². The summed E-state index contributed by atoms with van der Waals surface area (Å²) in [5.41, 5.74) is 0.573. The number of amides is 1. The predicted octanol–water partition coefficient (Wildman–Crippen LogP) is 1.87. The quantitative estimate of drug-likeness (QED) is 0.758. The first-order valence-corrected chi connectivity index (χ1v) is 4.97. The molecule has 0 aliphatic heterocycles. The molecule has 0 spiro atoms. The second-order valence-corrected chi connectivity index (χ2v) is 4.05. The van der Waals surface area contributed by atoms with Gasteiger partial charge in [0.25, 0.3) is 5.91 Å². The minimum absolute atomic E-state index is 0.0661. The van der Waals surface area contributed by atoms with Gasteiger partial charge in [0.15, 0.2) is 0 Å². The lowest BCUT2D eigenvalue weighted by Crippen LogP contribution is -2.26. The molecule has 1 saturated carbocycles. The molecule has 1 aromatic heterocycles. The fraction of sp³-hybridized carbons (Fsp3) is 0.400. The summed E-state index contributed by atoms with van der Waals surface area (Å²) in [6, 6.07) is 3.58. The highest BCUT2D eigenvalue weighted by molar-refractivity contribution is 6.29. The molecule has 1 aromatic rings. The molecule has 14 heavy (non-hydrogen) atoms. The van der Waals surface area contributed by atoms with Crippen molar-refractivity contribution in [3.63, 3.8) is 0 Å². The summed E-state index contributed by atoms with van der Waals surface area (Å²) >= 11 is 5.68. The van der Waals surface area contributed by atoms with Crippen LogP contribution >= 0.6 is 11.6 Å². The van der Waals surface area contributed by atoms with Crippen molar-refractivity contribution in [2.75, 3.05) is 0 Å². The smallest absolute Gasteiger partial charge is 0.251 e. The van der Waals surface area contributed by atoms with Crippen LogP contribution in [-0.4, -0.2) is 16.9 Å². The lowest BCUT2D eigenvalue weighted by Gasteiger charge is -2.03. The van der Waals surface area contributed by atoms with E-state index in [1.807, 2.05) is 0 Å². The van der Waals surface area contributed by atoms with Gasteiger partial charge in [0.1, 0.15) is 5.15 Å². The van der Waals surface area contributed by atoms with Crippen molar-refractivity contribution in [3.05, 3.63) is 29.0 Å². The van der Waals surface area contributed by atoms with Gasteiger partial charge in [0, 0.05) is 17.8 Å². The largest absolute Gasteiger partial charge is 0.349 e. The van der Waals surface area contributed by atoms with Gasteiger partial charge in [-0.25, -0.2) is 4.98 Å². The van der Waals surface area contributed by atoms with E-state index in [1.54, 1.807) is 12.1 Å². The molecule has 0 saturated heterocycles. The van der Waals surface area contributed by atoms with Gasteiger partial charge in [-0.15, -0.1) is 0 Å². The third-order valence-corrected chi connectivity index (χ3v) is 2.62. The molecule has 4 heteroatoms. The van der Waals surface area contributed by atoms with Gasteiger partial charge in [-0.3, -0.25) is 4.79 Å².